The summed E-state index contributed by atoms with van der Waals surface area (Å²) < 4.78 is 0. The van der Waals surface area contributed by atoms with Crippen LogP contribution >= 0.6 is 0 Å². The van der Waals surface area contributed by atoms with Gasteiger partial charge in [-0.15, -0.1) is 5.92 Å². The summed E-state index contributed by atoms with van der Waals surface area (Å²) in [4.78, 5) is 8.32. The van der Waals surface area contributed by atoms with E-state index in [0.29, 0.717) is 57.6 Å². The molecule has 7 heteroatoms. The van der Waals surface area contributed by atoms with Crippen LogP contribution in [0, 0.1) is 29.1 Å². The largest absolute Gasteiger partial charge is 0.396 e. The normalized spacial score (nSPS) is 30.8. The molecule has 7 nitrogen and oxygen atoms in total. The third-order valence-corrected chi connectivity index (χ3v) is 11.0. The van der Waals surface area contributed by atoms with Crippen molar-refractivity contribution in [1.82, 2.24) is 15.6 Å². The molecular formula is C39H50N4O3. The minimum atomic E-state index is -0.970. The van der Waals surface area contributed by atoms with Crippen molar-refractivity contribution in [2.75, 3.05) is 19.7 Å². The molecule has 2 saturated carbocycles. The minimum absolute atomic E-state index is 0.0145. The maximum absolute atomic E-state index is 12.5. The van der Waals surface area contributed by atoms with Gasteiger partial charge in [0.2, 0.25) is 0 Å². The molecule has 6 rings (SSSR count). The number of hydrogen-bond donors (Lipinski definition) is 6. The van der Waals surface area contributed by atoms with E-state index in [1.54, 1.807) is 0 Å². The molecule has 0 amide bonds. The predicted molar refractivity (Wildman–Crippen MR) is 185 cm³/mol. The molecule has 2 fully saturated rings. The second kappa shape index (κ2) is 13.7. The van der Waals surface area contributed by atoms with Crippen LogP contribution in [-0.4, -0.2) is 63.2 Å². The molecule has 0 unspecified atom stereocenters. The van der Waals surface area contributed by atoms with E-state index in [4.69, 9.17) is 11.6 Å². The lowest BCUT2D eigenvalue weighted by atomic mass is 9.66. The molecule has 0 spiro atoms. The number of allylic oxidation sites excluding steroid dienone is 1. The third kappa shape index (κ3) is 7.05. The number of aliphatic imine (C=N–C) groups is 1. The molecule has 2 bridgehead atoms. The molecule has 1 heterocycles. The quantitative estimate of drug-likeness (QED) is 0.0607. The first kappa shape index (κ1) is 32.4. The predicted octanol–water partition coefficient (Wildman–Crippen LogP) is 5.27. The number of aromatic amines is 1. The standard InChI is InChI=1S/C39H50N4O3/c1-28(24-32-25-30-12-6-7-14-35(30)42-32)38-17-8-13-31(26-39(46)18-15-33(34(39)27-38)37(2,45)19-20-38)43-36(40-21-9-23-44)41-22-16-29-10-4-3-5-11-29/h3-7,10-12,14,25,31,33-34,42,44-46H,1,9,15-24,26-27H2,2H3,(H2,40,41,43)/t31-,33+,34+,37-,38+,39-/m1/s1. The lowest BCUT2D eigenvalue weighted by molar-refractivity contribution is -0.0677. The average Bonchev–Trinajstić information content (AvgIpc) is 3.57. The van der Waals surface area contributed by atoms with Crippen LogP contribution in [0.25, 0.3) is 10.9 Å². The van der Waals surface area contributed by atoms with Crippen molar-refractivity contribution in [3.8, 4) is 11.8 Å². The highest BCUT2D eigenvalue weighted by Crippen LogP contribution is 2.59. The maximum atomic E-state index is 12.5. The first-order chi connectivity index (χ1) is 22.2. The number of guanidine groups is 1. The van der Waals surface area contributed by atoms with Crippen molar-refractivity contribution in [3.05, 3.63) is 84.1 Å². The van der Waals surface area contributed by atoms with E-state index in [0.717, 1.165) is 42.5 Å². The molecule has 0 saturated heterocycles. The summed E-state index contributed by atoms with van der Waals surface area (Å²) in [5, 5.41) is 41.9. The van der Waals surface area contributed by atoms with Gasteiger partial charge < -0.3 is 30.9 Å². The monoisotopic (exact) mass is 622 g/mol. The number of H-pyrrole nitrogens is 1. The highest BCUT2D eigenvalue weighted by molar-refractivity contribution is 5.81. The van der Waals surface area contributed by atoms with Gasteiger partial charge in [0.15, 0.2) is 5.96 Å². The molecule has 6 atom stereocenters. The number of nitrogens with zero attached hydrogens (tertiary/aromatic N) is 1. The number of nitrogens with one attached hydrogen (secondary N) is 3. The smallest absolute Gasteiger partial charge is 0.192 e. The number of aliphatic hydroxyl groups excluding tert-OH is 1. The number of fused-ring (bicyclic) bond motifs is 2. The van der Waals surface area contributed by atoms with Crippen LogP contribution in [-0.2, 0) is 12.8 Å². The Kier molecular flexibility index (Phi) is 9.61. The summed E-state index contributed by atoms with van der Waals surface area (Å²) in [5.74, 6) is 7.66. The Morgan fingerprint density at radius 2 is 1.85 bits per heavy atom. The highest BCUT2D eigenvalue weighted by atomic mass is 16.3. The zero-order valence-electron chi connectivity index (χ0n) is 27.2. The molecule has 46 heavy (non-hydrogen) atoms. The van der Waals surface area contributed by atoms with Crippen molar-refractivity contribution < 1.29 is 15.3 Å². The van der Waals surface area contributed by atoms with Crippen molar-refractivity contribution in [3.63, 3.8) is 0 Å². The molecule has 244 valence electrons. The second-order valence-corrected chi connectivity index (χ2v) is 14.2. The summed E-state index contributed by atoms with van der Waals surface area (Å²) in [6.07, 6.45) is 6.91. The molecule has 2 aromatic carbocycles. The number of benzene rings is 2. The average molecular weight is 623 g/mol. The van der Waals surface area contributed by atoms with Gasteiger partial charge >= 0.3 is 0 Å². The summed E-state index contributed by atoms with van der Waals surface area (Å²) >= 11 is 0. The van der Waals surface area contributed by atoms with Crippen LogP contribution in [0.15, 0.2) is 77.8 Å². The molecular weight excluding hydrogens is 572 g/mol. The number of aromatic nitrogens is 1. The van der Waals surface area contributed by atoms with Gasteiger partial charge in [-0.2, -0.15) is 0 Å². The summed E-state index contributed by atoms with van der Waals surface area (Å²) in [7, 11) is 0. The SMILES string of the molecule is C=C(Cc1cc2ccccc2[nH]1)[C@]12CC#C[C@@H](NC(=NCCCO)NCCc3ccccc3)C[C@]3(O)CC[C@@H]([C@@H]3C1)[C@](C)(O)CC2. The van der Waals surface area contributed by atoms with Gasteiger partial charge in [-0.05, 0) is 86.8 Å². The number of para-hydroxylation sites is 1. The van der Waals surface area contributed by atoms with E-state index < -0.39 is 11.2 Å². The topological polar surface area (TPSA) is 113 Å². The van der Waals surface area contributed by atoms with Crippen molar-refractivity contribution in [2.24, 2.45) is 22.2 Å². The van der Waals surface area contributed by atoms with Crippen LogP contribution in [0.2, 0.25) is 0 Å². The molecule has 3 aliphatic carbocycles. The van der Waals surface area contributed by atoms with Crippen molar-refractivity contribution in [2.45, 2.75) is 88.4 Å². The Balaban J connectivity index is 1.27. The van der Waals surface area contributed by atoms with Crippen LogP contribution in [0.4, 0.5) is 0 Å². The fourth-order valence-corrected chi connectivity index (χ4v) is 8.33. The van der Waals surface area contributed by atoms with Crippen LogP contribution in [0.1, 0.15) is 69.5 Å². The Morgan fingerprint density at radius 1 is 1.04 bits per heavy atom. The Bertz CT molecular complexity index is 1570. The van der Waals surface area contributed by atoms with E-state index in [1.807, 2.05) is 31.2 Å². The molecule has 3 aromatic rings. The third-order valence-electron chi connectivity index (χ3n) is 11.0. The van der Waals surface area contributed by atoms with E-state index in [-0.39, 0.29) is 29.9 Å². The summed E-state index contributed by atoms with van der Waals surface area (Å²) in [6, 6.07) is 20.6. The number of hydrogen-bond acceptors (Lipinski definition) is 4. The van der Waals surface area contributed by atoms with Gasteiger partial charge in [0.25, 0.3) is 0 Å². The maximum Gasteiger partial charge on any atom is 0.192 e. The van der Waals surface area contributed by atoms with Crippen molar-refractivity contribution in [1.29, 1.82) is 0 Å². The first-order valence-corrected chi connectivity index (χ1v) is 17.1. The van der Waals surface area contributed by atoms with Gasteiger partial charge in [0, 0.05) is 55.6 Å². The molecule has 1 aromatic heterocycles. The van der Waals surface area contributed by atoms with Gasteiger partial charge in [-0.1, -0.05) is 66.6 Å². The molecule has 0 aliphatic heterocycles. The first-order valence-electron chi connectivity index (χ1n) is 17.1. The van der Waals surface area contributed by atoms with E-state index in [2.05, 4.69) is 63.9 Å². The van der Waals surface area contributed by atoms with Crippen molar-refractivity contribution >= 4 is 16.9 Å². The molecule has 3 aliphatic rings. The fraction of sp³-hybridized carbons (Fsp3) is 0.513. The zero-order valence-corrected chi connectivity index (χ0v) is 27.2. The van der Waals surface area contributed by atoms with Gasteiger partial charge in [-0.3, -0.25) is 4.99 Å². The van der Waals surface area contributed by atoms with Gasteiger partial charge in [-0.25, -0.2) is 0 Å². The Hall–Kier alpha value is -3.57. The summed E-state index contributed by atoms with van der Waals surface area (Å²) in [6.45, 7) is 7.94. The zero-order chi connectivity index (χ0) is 32.2. The summed E-state index contributed by atoms with van der Waals surface area (Å²) in [5.41, 5.74) is 2.48. The fourth-order valence-electron chi connectivity index (χ4n) is 8.33. The highest BCUT2D eigenvalue weighted by Gasteiger charge is 2.58. The second-order valence-electron chi connectivity index (χ2n) is 14.2. The Labute approximate surface area is 273 Å². The van der Waals surface area contributed by atoms with Crippen LogP contribution in [0.3, 0.4) is 0 Å². The van der Waals surface area contributed by atoms with Crippen LogP contribution < -0.4 is 10.6 Å². The lowest BCUT2D eigenvalue weighted by Gasteiger charge is -2.41. The van der Waals surface area contributed by atoms with Crippen LogP contribution in [0.5, 0.6) is 0 Å². The lowest BCUT2D eigenvalue weighted by Crippen LogP contribution is -2.49. The Morgan fingerprint density at radius 3 is 2.65 bits per heavy atom. The number of rotatable bonds is 10. The van der Waals surface area contributed by atoms with E-state index >= 15 is 0 Å². The van der Waals surface area contributed by atoms with E-state index in [9.17, 15) is 15.3 Å². The van der Waals surface area contributed by atoms with E-state index in [1.165, 1.54) is 10.9 Å². The number of aliphatic hydroxyl groups is 3. The minimum Gasteiger partial charge on any atom is -0.396 e. The molecule has 0 radical (unpaired) electrons. The van der Waals surface area contributed by atoms with Gasteiger partial charge in [0.05, 0.1) is 17.2 Å². The van der Waals surface area contributed by atoms with Gasteiger partial charge in [0.1, 0.15) is 0 Å². The molecule has 6 N–H and O–H groups in total.